The quantitative estimate of drug-likeness (QED) is 0.833. The average Bonchev–Trinajstić information content (AvgIpc) is 2.60. The molecule has 0 radical (unpaired) electrons. The van der Waals surface area contributed by atoms with Gasteiger partial charge in [0.2, 0.25) is 0 Å². The van der Waals surface area contributed by atoms with E-state index in [1.165, 1.54) is 12.1 Å². The first-order valence-corrected chi connectivity index (χ1v) is 5.15. The van der Waals surface area contributed by atoms with Crippen LogP contribution in [0, 0.1) is 19.7 Å². The van der Waals surface area contributed by atoms with Crippen molar-refractivity contribution in [1.82, 2.24) is 9.97 Å². The fraction of sp³-hybridized carbons (Fsp3) is 0.250. The van der Waals surface area contributed by atoms with E-state index < -0.39 is 0 Å². The van der Waals surface area contributed by atoms with E-state index in [9.17, 15) is 4.39 Å². The van der Waals surface area contributed by atoms with Crippen molar-refractivity contribution in [3.05, 3.63) is 47.3 Å². The Balaban J connectivity index is 2.04. The number of aromatic amines is 1. The maximum absolute atomic E-state index is 13.1. The summed E-state index contributed by atoms with van der Waals surface area (Å²) in [5, 5.41) is 3.14. The lowest BCUT2D eigenvalue weighted by molar-refractivity contribution is 0.627. The molecule has 0 atom stereocenters. The minimum absolute atomic E-state index is 0.219. The van der Waals surface area contributed by atoms with E-state index in [-0.39, 0.29) is 5.82 Å². The normalized spacial score (nSPS) is 10.4. The van der Waals surface area contributed by atoms with Gasteiger partial charge in [-0.3, -0.25) is 0 Å². The molecule has 0 saturated carbocycles. The molecular weight excluding hydrogens is 205 g/mol. The van der Waals surface area contributed by atoms with Crippen LogP contribution in [0.3, 0.4) is 0 Å². The van der Waals surface area contributed by atoms with Crippen molar-refractivity contribution in [3.63, 3.8) is 0 Å². The molecule has 4 heteroatoms. The molecule has 0 aliphatic heterocycles. The highest BCUT2D eigenvalue weighted by Crippen LogP contribution is 2.14. The van der Waals surface area contributed by atoms with Gasteiger partial charge in [-0.15, -0.1) is 0 Å². The molecular formula is C12H14FN3. The van der Waals surface area contributed by atoms with Crippen LogP contribution in [-0.2, 0) is 6.54 Å². The fourth-order valence-corrected chi connectivity index (χ4v) is 1.60. The van der Waals surface area contributed by atoms with Crippen LogP contribution in [0.4, 0.5) is 10.1 Å². The number of halogens is 1. The Hall–Kier alpha value is -1.84. The summed E-state index contributed by atoms with van der Waals surface area (Å²) in [4.78, 5) is 7.20. The van der Waals surface area contributed by atoms with Gasteiger partial charge in [-0.2, -0.15) is 0 Å². The lowest BCUT2D eigenvalue weighted by Crippen LogP contribution is -2.00. The summed E-state index contributed by atoms with van der Waals surface area (Å²) in [6.07, 6.45) is 1.77. The maximum Gasteiger partial charge on any atom is 0.125 e. The summed E-state index contributed by atoms with van der Waals surface area (Å²) in [5.74, 6) is 0.663. The molecule has 3 nitrogen and oxygen atoms in total. The van der Waals surface area contributed by atoms with Crippen LogP contribution < -0.4 is 5.32 Å². The Labute approximate surface area is 93.7 Å². The molecule has 2 aromatic rings. The van der Waals surface area contributed by atoms with E-state index in [1.807, 2.05) is 19.9 Å². The summed E-state index contributed by atoms with van der Waals surface area (Å²) in [7, 11) is 0. The van der Waals surface area contributed by atoms with Crippen LogP contribution in [-0.4, -0.2) is 9.97 Å². The minimum Gasteiger partial charge on any atom is -0.379 e. The van der Waals surface area contributed by atoms with Gasteiger partial charge < -0.3 is 10.3 Å². The standard InChI is InChI=1S/C12H14FN3/c1-8-3-10(13)5-11(4-8)15-7-12-6-14-9(2)16-12/h3-6,15H,7H2,1-2H3,(H,14,16). The van der Waals surface area contributed by atoms with Crippen molar-refractivity contribution in [2.45, 2.75) is 20.4 Å². The Morgan fingerprint density at radius 1 is 1.31 bits per heavy atom. The Kier molecular flexibility index (Phi) is 2.90. The third kappa shape index (κ3) is 2.59. The van der Waals surface area contributed by atoms with Crippen LogP contribution in [0.5, 0.6) is 0 Å². The second-order valence-corrected chi connectivity index (χ2v) is 3.86. The first-order valence-electron chi connectivity index (χ1n) is 5.15. The third-order valence-corrected chi connectivity index (χ3v) is 2.28. The summed E-state index contributed by atoms with van der Waals surface area (Å²) < 4.78 is 13.1. The van der Waals surface area contributed by atoms with Gasteiger partial charge in [-0.05, 0) is 37.6 Å². The van der Waals surface area contributed by atoms with Crippen LogP contribution in [0.15, 0.2) is 24.4 Å². The predicted molar refractivity (Wildman–Crippen MR) is 61.8 cm³/mol. The van der Waals surface area contributed by atoms with E-state index in [4.69, 9.17) is 0 Å². The summed E-state index contributed by atoms with van der Waals surface area (Å²) >= 11 is 0. The van der Waals surface area contributed by atoms with Gasteiger partial charge in [0.15, 0.2) is 0 Å². The monoisotopic (exact) mass is 219 g/mol. The largest absolute Gasteiger partial charge is 0.379 e. The molecule has 0 bridgehead atoms. The number of nitrogens with one attached hydrogen (secondary N) is 2. The zero-order valence-electron chi connectivity index (χ0n) is 9.34. The van der Waals surface area contributed by atoms with Crippen molar-refractivity contribution in [1.29, 1.82) is 0 Å². The molecule has 0 aliphatic carbocycles. The van der Waals surface area contributed by atoms with Crippen molar-refractivity contribution in [2.75, 3.05) is 5.32 Å². The molecule has 0 spiro atoms. The molecule has 2 rings (SSSR count). The van der Waals surface area contributed by atoms with Gasteiger partial charge in [0.05, 0.1) is 18.4 Å². The molecule has 84 valence electrons. The van der Waals surface area contributed by atoms with Crippen molar-refractivity contribution < 1.29 is 4.39 Å². The van der Waals surface area contributed by atoms with Crippen LogP contribution in [0.1, 0.15) is 17.1 Å². The molecule has 0 saturated heterocycles. The molecule has 0 amide bonds. The number of H-pyrrole nitrogens is 1. The van der Waals surface area contributed by atoms with Crippen molar-refractivity contribution in [3.8, 4) is 0 Å². The maximum atomic E-state index is 13.1. The smallest absolute Gasteiger partial charge is 0.125 e. The first-order chi connectivity index (χ1) is 7.63. The third-order valence-electron chi connectivity index (χ3n) is 2.28. The molecule has 0 fully saturated rings. The number of nitrogens with zero attached hydrogens (tertiary/aromatic N) is 1. The highest BCUT2D eigenvalue weighted by molar-refractivity contribution is 5.46. The summed E-state index contributed by atoms with van der Waals surface area (Å²) in [6, 6.07) is 4.90. The Morgan fingerprint density at radius 3 is 2.75 bits per heavy atom. The molecule has 1 aromatic heterocycles. The van der Waals surface area contributed by atoms with Gasteiger partial charge in [-0.25, -0.2) is 9.37 Å². The Morgan fingerprint density at radius 2 is 2.12 bits per heavy atom. The van der Waals surface area contributed by atoms with Crippen molar-refractivity contribution >= 4 is 5.69 Å². The zero-order valence-corrected chi connectivity index (χ0v) is 9.34. The van der Waals surface area contributed by atoms with Crippen LogP contribution in [0.25, 0.3) is 0 Å². The number of anilines is 1. The topological polar surface area (TPSA) is 40.7 Å². The van der Waals surface area contributed by atoms with E-state index in [0.29, 0.717) is 6.54 Å². The highest BCUT2D eigenvalue weighted by atomic mass is 19.1. The summed E-state index contributed by atoms with van der Waals surface area (Å²) in [5.41, 5.74) is 2.67. The van der Waals surface area contributed by atoms with Crippen LogP contribution >= 0.6 is 0 Å². The molecule has 16 heavy (non-hydrogen) atoms. The van der Waals surface area contributed by atoms with Gasteiger partial charge in [0.25, 0.3) is 0 Å². The highest BCUT2D eigenvalue weighted by Gasteiger charge is 1.99. The number of rotatable bonds is 3. The number of hydrogen-bond acceptors (Lipinski definition) is 2. The molecule has 1 heterocycles. The fourth-order valence-electron chi connectivity index (χ4n) is 1.60. The van der Waals surface area contributed by atoms with E-state index >= 15 is 0 Å². The molecule has 1 aromatic carbocycles. The van der Waals surface area contributed by atoms with Crippen molar-refractivity contribution in [2.24, 2.45) is 0 Å². The number of aromatic nitrogens is 2. The SMILES string of the molecule is Cc1cc(F)cc(NCc2cnc(C)[nH]2)c1. The number of aryl methyl sites for hydroxylation is 2. The summed E-state index contributed by atoms with van der Waals surface area (Å²) in [6.45, 7) is 4.38. The predicted octanol–water partition coefficient (Wildman–Crippen LogP) is 2.78. The number of benzene rings is 1. The second-order valence-electron chi connectivity index (χ2n) is 3.86. The second kappa shape index (κ2) is 4.35. The van der Waals surface area contributed by atoms with E-state index in [0.717, 1.165) is 22.8 Å². The van der Waals surface area contributed by atoms with E-state index in [2.05, 4.69) is 15.3 Å². The van der Waals surface area contributed by atoms with Crippen LogP contribution in [0.2, 0.25) is 0 Å². The van der Waals surface area contributed by atoms with Gasteiger partial charge in [0, 0.05) is 5.69 Å². The first kappa shape index (κ1) is 10.7. The van der Waals surface area contributed by atoms with E-state index in [1.54, 1.807) is 6.20 Å². The van der Waals surface area contributed by atoms with Gasteiger partial charge in [0.1, 0.15) is 11.6 Å². The molecule has 0 aliphatic rings. The lowest BCUT2D eigenvalue weighted by atomic mass is 10.2. The molecule has 0 unspecified atom stereocenters. The Bertz CT molecular complexity index is 471. The minimum atomic E-state index is -0.219. The number of hydrogen-bond donors (Lipinski definition) is 2. The van der Waals surface area contributed by atoms with Gasteiger partial charge in [-0.1, -0.05) is 0 Å². The average molecular weight is 219 g/mol. The number of imidazole rings is 1. The lowest BCUT2D eigenvalue weighted by Gasteiger charge is -2.06. The zero-order chi connectivity index (χ0) is 11.5. The van der Waals surface area contributed by atoms with Gasteiger partial charge >= 0.3 is 0 Å². The molecule has 2 N–H and O–H groups in total.